The summed E-state index contributed by atoms with van der Waals surface area (Å²) >= 11 is 0. The normalized spacial score (nSPS) is 13.1. The first-order valence-electron chi connectivity index (χ1n) is 46.6. The van der Waals surface area contributed by atoms with Crippen LogP contribution in [0.25, 0.3) is 0 Å². The van der Waals surface area contributed by atoms with Crippen LogP contribution in [0.1, 0.15) is 530 Å². The summed E-state index contributed by atoms with van der Waals surface area (Å²) in [4.78, 5) is 62.8. The van der Waals surface area contributed by atoms with Crippen molar-refractivity contribution in [3.05, 3.63) is 0 Å². The molecule has 630 valence electrons. The molecule has 6 N–H and O–H groups in total. The molecule has 0 amide bonds. The highest BCUT2D eigenvalue weighted by Crippen LogP contribution is 2.29. The van der Waals surface area contributed by atoms with Crippen LogP contribution < -0.4 is 0 Å². The monoisotopic (exact) mass is 1500 g/mol. The summed E-state index contributed by atoms with van der Waals surface area (Å²) in [6.45, 7) is 14.7. The van der Waals surface area contributed by atoms with Crippen LogP contribution in [-0.4, -0.2) is 66.5 Å². The lowest BCUT2D eigenvalue weighted by atomic mass is 9.86. The Morgan fingerprint density at radius 3 is 0.274 bits per heavy atom. The van der Waals surface area contributed by atoms with Crippen LogP contribution in [0.3, 0.4) is 0 Å². The Morgan fingerprint density at radius 1 is 0.132 bits per heavy atom. The minimum Gasteiger partial charge on any atom is -0.481 e. The van der Waals surface area contributed by atoms with Gasteiger partial charge in [-0.3, -0.25) is 28.8 Å². The summed E-state index contributed by atoms with van der Waals surface area (Å²) in [5.41, 5.74) is 0. The van der Waals surface area contributed by atoms with E-state index in [9.17, 15) is 28.8 Å². The topological polar surface area (TPSA) is 224 Å². The van der Waals surface area contributed by atoms with E-state index in [0.29, 0.717) is 38.5 Å². The van der Waals surface area contributed by atoms with Crippen LogP contribution in [0.5, 0.6) is 0 Å². The van der Waals surface area contributed by atoms with Gasteiger partial charge in [-0.15, -0.1) is 0 Å². The van der Waals surface area contributed by atoms with E-state index in [1.165, 1.54) is 372 Å². The SMILES string of the molecule is CC(CCCCCCCCCCCCCC(=O)O)C(C)CCCCCCCCCCCC(=O)O.CC(CCCCCCCCCCCCCC(=O)O)C(C)CCCCCCCCCCCCCC(=O)O.CC(CCCCCCCCCCCCCC(=O)O)C(C)CCCCCCCCCCCCCC(=O)O. The number of hydrogen-bond donors (Lipinski definition) is 6. The number of carboxylic acids is 6. The lowest BCUT2D eigenvalue weighted by Gasteiger charge is -2.19. The lowest BCUT2D eigenvalue weighted by Crippen LogP contribution is -2.08. The van der Waals surface area contributed by atoms with Gasteiger partial charge in [-0.2, -0.15) is 0 Å². The minimum absolute atomic E-state index is 0.331. The molecule has 0 aromatic heterocycles. The molecule has 6 atom stereocenters. The standard InChI is InChI=1S/2C32H62O4.C30H58O4/c2*1-29(25-21-17-13-9-5-3-7-11-15-19-23-27-31(33)34)30(2)26-22-18-14-10-6-4-8-12-16-20-24-28-32(35)36;1-27(23-19-15-11-7-4-3-5-9-13-17-21-25-29(31)32)28(2)24-20-16-12-8-6-10-14-18-22-26-30(33)34/h2*29-30H,3-28H2,1-2H3,(H,33,34)(H,35,36);27-28H,3-26H2,1-2H3,(H,31,32)(H,33,34). The van der Waals surface area contributed by atoms with Crippen molar-refractivity contribution >= 4 is 35.8 Å². The molecular weight excluding hydrogens is 1320 g/mol. The third-order valence-electron chi connectivity index (χ3n) is 23.7. The van der Waals surface area contributed by atoms with Gasteiger partial charge in [-0.1, -0.05) is 452 Å². The van der Waals surface area contributed by atoms with Crippen molar-refractivity contribution in [2.45, 2.75) is 530 Å². The predicted molar refractivity (Wildman–Crippen MR) is 452 cm³/mol. The van der Waals surface area contributed by atoms with E-state index in [0.717, 1.165) is 113 Å². The maximum Gasteiger partial charge on any atom is 0.303 e. The molecule has 0 aliphatic carbocycles. The Morgan fingerprint density at radius 2 is 0.198 bits per heavy atom. The van der Waals surface area contributed by atoms with Gasteiger partial charge in [0.25, 0.3) is 0 Å². The second kappa shape index (κ2) is 87.4. The Labute approximate surface area is 656 Å². The molecule has 0 heterocycles. The molecular formula is C94H182O12. The molecule has 0 rings (SSSR count). The number of aliphatic carboxylic acids is 6. The third kappa shape index (κ3) is 95.0. The van der Waals surface area contributed by atoms with Crippen molar-refractivity contribution < 1.29 is 59.4 Å². The van der Waals surface area contributed by atoms with E-state index in [4.69, 9.17) is 30.6 Å². The van der Waals surface area contributed by atoms with Gasteiger partial charge in [-0.25, -0.2) is 0 Å². The zero-order valence-corrected chi connectivity index (χ0v) is 71.3. The van der Waals surface area contributed by atoms with Gasteiger partial charge in [-0.05, 0) is 74.0 Å². The molecule has 0 bridgehead atoms. The number of carboxylic acid groups (broad SMARTS) is 6. The first-order chi connectivity index (χ1) is 51.3. The van der Waals surface area contributed by atoms with Gasteiger partial charge in [0, 0.05) is 38.5 Å². The molecule has 6 unspecified atom stereocenters. The second-order valence-corrected chi connectivity index (χ2v) is 34.1. The largest absolute Gasteiger partial charge is 0.481 e. The highest BCUT2D eigenvalue weighted by molar-refractivity contribution is 5.68. The Bertz CT molecular complexity index is 1680. The van der Waals surface area contributed by atoms with E-state index in [1.54, 1.807) is 0 Å². The molecule has 0 saturated carbocycles. The fourth-order valence-corrected chi connectivity index (χ4v) is 15.4. The molecule has 0 spiro atoms. The van der Waals surface area contributed by atoms with Gasteiger partial charge in [0.05, 0.1) is 0 Å². The summed E-state index contributed by atoms with van der Waals surface area (Å²) in [5, 5.41) is 51.8. The summed E-state index contributed by atoms with van der Waals surface area (Å²) in [6.07, 6.45) is 91.4. The van der Waals surface area contributed by atoms with Crippen LogP contribution in [0.15, 0.2) is 0 Å². The van der Waals surface area contributed by atoms with Gasteiger partial charge in [0.1, 0.15) is 0 Å². The molecule has 12 nitrogen and oxygen atoms in total. The molecule has 0 saturated heterocycles. The number of carbonyl (C=O) groups is 6. The molecule has 0 aliphatic heterocycles. The van der Waals surface area contributed by atoms with Gasteiger partial charge in [0.15, 0.2) is 0 Å². The average Bonchev–Trinajstić information content (AvgIpc) is 1.03. The average molecular weight is 1500 g/mol. The maximum absolute atomic E-state index is 10.5. The van der Waals surface area contributed by atoms with Crippen LogP contribution in [0.2, 0.25) is 0 Å². The van der Waals surface area contributed by atoms with Crippen molar-refractivity contribution in [2.75, 3.05) is 0 Å². The predicted octanol–water partition coefficient (Wildman–Crippen LogP) is 30.9. The number of rotatable bonds is 85. The summed E-state index contributed by atoms with van der Waals surface area (Å²) in [7, 11) is 0. The van der Waals surface area contributed by atoms with E-state index >= 15 is 0 Å². The van der Waals surface area contributed by atoms with Crippen LogP contribution >= 0.6 is 0 Å². The zero-order chi connectivity index (χ0) is 78.7. The summed E-state index contributed by atoms with van der Waals surface area (Å²) < 4.78 is 0. The first kappa shape index (κ1) is 107. The first-order valence-corrected chi connectivity index (χ1v) is 46.6. The Kier molecular flexibility index (Phi) is 88.2. The van der Waals surface area contributed by atoms with Crippen molar-refractivity contribution in [1.82, 2.24) is 0 Å². The molecule has 0 radical (unpaired) electrons. The highest BCUT2D eigenvalue weighted by atomic mass is 16.4. The Hall–Kier alpha value is -3.18. The maximum atomic E-state index is 10.5. The fourth-order valence-electron chi connectivity index (χ4n) is 15.4. The number of unbranched alkanes of at least 4 members (excludes halogenated alkanes) is 58. The number of hydrogen-bond acceptors (Lipinski definition) is 6. The van der Waals surface area contributed by atoms with Gasteiger partial charge in [0.2, 0.25) is 0 Å². The quantitative estimate of drug-likeness (QED) is 0.0313. The van der Waals surface area contributed by atoms with Crippen molar-refractivity contribution in [1.29, 1.82) is 0 Å². The van der Waals surface area contributed by atoms with Crippen LogP contribution in [-0.2, 0) is 28.8 Å². The van der Waals surface area contributed by atoms with Crippen LogP contribution in [0, 0.1) is 35.5 Å². The fraction of sp³-hybridized carbons (Fsp3) is 0.936. The molecule has 106 heavy (non-hydrogen) atoms. The third-order valence-corrected chi connectivity index (χ3v) is 23.7. The minimum atomic E-state index is -0.661. The van der Waals surface area contributed by atoms with Gasteiger partial charge < -0.3 is 30.6 Å². The van der Waals surface area contributed by atoms with Crippen molar-refractivity contribution in [3.63, 3.8) is 0 Å². The smallest absolute Gasteiger partial charge is 0.303 e. The summed E-state index contributed by atoms with van der Waals surface area (Å²) in [6, 6.07) is 0. The lowest BCUT2D eigenvalue weighted by molar-refractivity contribution is -0.138. The molecule has 0 aliphatic rings. The molecule has 0 aromatic carbocycles. The zero-order valence-electron chi connectivity index (χ0n) is 71.3. The summed E-state index contributed by atoms with van der Waals surface area (Å²) in [5.74, 6) is 1.20. The highest BCUT2D eigenvalue weighted by Gasteiger charge is 2.15. The van der Waals surface area contributed by atoms with Gasteiger partial charge >= 0.3 is 35.8 Å². The second-order valence-electron chi connectivity index (χ2n) is 34.1. The molecule has 12 heteroatoms. The van der Waals surface area contributed by atoms with E-state index in [-0.39, 0.29) is 0 Å². The van der Waals surface area contributed by atoms with E-state index < -0.39 is 35.8 Å². The molecule has 0 fully saturated rings. The van der Waals surface area contributed by atoms with E-state index in [2.05, 4.69) is 41.5 Å². The Balaban J connectivity index is -0.00000150. The van der Waals surface area contributed by atoms with E-state index in [1.807, 2.05) is 0 Å². The van der Waals surface area contributed by atoms with Crippen molar-refractivity contribution in [2.24, 2.45) is 35.5 Å². The van der Waals surface area contributed by atoms with Crippen LogP contribution in [0.4, 0.5) is 0 Å². The molecule has 0 aromatic rings. The van der Waals surface area contributed by atoms with Crippen molar-refractivity contribution in [3.8, 4) is 0 Å².